The Labute approximate surface area is 198 Å². The van der Waals surface area contributed by atoms with Crippen LogP contribution >= 0.6 is 0 Å². The molecule has 2 atom stereocenters. The number of fused-ring (bicyclic) bond motifs is 5. The van der Waals surface area contributed by atoms with Crippen molar-refractivity contribution in [1.82, 2.24) is 9.55 Å². The molecule has 0 radical (unpaired) electrons. The van der Waals surface area contributed by atoms with E-state index in [1.165, 1.54) is 6.07 Å². The quantitative estimate of drug-likeness (QED) is 0.366. The fourth-order valence-electron chi connectivity index (χ4n) is 5.33. The van der Waals surface area contributed by atoms with Gasteiger partial charge in [-0.15, -0.1) is 0 Å². The summed E-state index contributed by atoms with van der Waals surface area (Å²) < 4.78 is 21.2. The number of hydrogen-bond acceptors (Lipinski definition) is 5. The highest BCUT2D eigenvalue weighted by atomic mass is 19.1. The van der Waals surface area contributed by atoms with Crippen LogP contribution in [0.1, 0.15) is 86.4 Å². The molecule has 1 aliphatic carbocycles. The average Bonchev–Trinajstić information content (AvgIpc) is 3.22. The van der Waals surface area contributed by atoms with E-state index >= 15 is 0 Å². The van der Waals surface area contributed by atoms with E-state index in [9.17, 15) is 19.1 Å². The van der Waals surface area contributed by atoms with Gasteiger partial charge >= 0.3 is 5.97 Å². The van der Waals surface area contributed by atoms with E-state index in [-0.39, 0.29) is 29.5 Å². The van der Waals surface area contributed by atoms with Crippen molar-refractivity contribution < 1.29 is 19.0 Å². The minimum Gasteiger partial charge on any atom is -0.458 e. The molecule has 0 saturated heterocycles. The van der Waals surface area contributed by atoms with Gasteiger partial charge in [-0.1, -0.05) is 34.6 Å². The number of halogens is 1. The predicted molar refractivity (Wildman–Crippen MR) is 129 cm³/mol. The highest BCUT2D eigenvalue weighted by molar-refractivity contribution is 5.93. The maximum absolute atomic E-state index is 14.6. The Kier molecular flexibility index (Phi) is 6.34. The number of aryl methyl sites for hydroxylation is 1. The number of rotatable bonds is 0. The number of carbonyl (C=O) groups is 1. The molecule has 1 aromatic carbocycles. The summed E-state index contributed by atoms with van der Waals surface area (Å²) in [5.41, 5.74) is 5.84. The summed E-state index contributed by atoms with van der Waals surface area (Å²) in [4.78, 5) is 29.7. The molecule has 6 rings (SSSR count). The molecule has 2 aliphatic heterocycles. The van der Waals surface area contributed by atoms with Gasteiger partial charge in [0.15, 0.2) is 6.10 Å². The fraction of sp³-hybridized carbons (Fsp3) is 0.444. The van der Waals surface area contributed by atoms with Crippen molar-refractivity contribution in [1.29, 1.82) is 0 Å². The van der Waals surface area contributed by atoms with E-state index in [2.05, 4.69) is 6.92 Å². The SMILES string of the molecule is CC.CC.Cc1c(F)cc2nc3c(c4c2c1CC[C@@H]4C)Cn1c-3cc2c(c1=O)COC(=O)C2O. The first-order chi connectivity index (χ1) is 16.4. The zero-order valence-corrected chi connectivity index (χ0v) is 20.6. The van der Waals surface area contributed by atoms with Crippen molar-refractivity contribution in [2.45, 2.75) is 79.6 Å². The van der Waals surface area contributed by atoms with Crippen LogP contribution in [0.4, 0.5) is 4.39 Å². The Hall–Kier alpha value is -3.06. The van der Waals surface area contributed by atoms with Gasteiger partial charge in [0.25, 0.3) is 5.56 Å². The highest BCUT2D eigenvalue weighted by Crippen LogP contribution is 2.45. The van der Waals surface area contributed by atoms with Crippen LogP contribution in [-0.2, 0) is 29.1 Å². The molecule has 0 spiro atoms. The Morgan fingerprint density at radius 2 is 1.82 bits per heavy atom. The lowest BCUT2D eigenvalue weighted by Crippen LogP contribution is -2.32. The Bertz CT molecular complexity index is 1380. The van der Waals surface area contributed by atoms with E-state index in [0.29, 0.717) is 34.6 Å². The van der Waals surface area contributed by atoms with Crippen molar-refractivity contribution in [2.24, 2.45) is 0 Å². The summed E-state index contributed by atoms with van der Waals surface area (Å²) >= 11 is 0. The fourth-order valence-corrected chi connectivity index (χ4v) is 5.33. The van der Waals surface area contributed by atoms with E-state index in [0.717, 1.165) is 34.9 Å². The monoisotopic (exact) mass is 466 g/mol. The second kappa shape index (κ2) is 8.95. The molecule has 0 bridgehead atoms. The Morgan fingerprint density at radius 3 is 2.53 bits per heavy atom. The average molecular weight is 467 g/mol. The van der Waals surface area contributed by atoms with Crippen LogP contribution in [0.15, 0.2) is 16.9 Å². The molecule has 34 heavy (non-hydrogen) atoms. The smallest absolute Gasteiger partial charge is 0.340 e. The molecule has 7 heteroatoms. The maximum atomic E-state index is 14.6. The van der Waals surface area contributed by atoms with Gasteiger partial charge in [-0.25, -0.2) is 14.2 Å². The van der Waals surface area contributed by atoms with Gasteiger partial charge in [-0.2, -0.15) is 0 Å². The van der Waals surface area contributed by atoms with Crippen LogP contribution in [0.5, 0.6) is 0 Å². The number of cyclic esters (lactones) is 1. The Morgan fingerprint density at radius 1 is 1.12 bits per heavy atom. The minimum absolute atomic E-state index is 0.145. The van der Waals surface area contributed by atoms with E-state index in [1.807, 2.05) is 34.6 Å². The largest absolute Gasteiger partial charge is 0.458 e. The van der Waals surface area contributed by atoms with Crippen molar-refractivity contribution in [2.75, 3.05) is 0 Å². The zero-order chi connectivity index (χ0) is 24.9. The highest BCUT2D eigenvalue weighted by Gasteiger charge is 2.36. The molecular formula is C27H31FN2O4. The van der Waals surface area contributed by atoms with Gasteiger partial charge in [0.2, 0.25) is 0 Å². The molecule has 3 aromatic rings. The first kappa shape index (κ1) is 24.1. The van der Waals surface area contributed by atoms with E-state index in [4.69, 9.17) is 9.72 Å². The number of esters is 1. The first-order valence-electron chi connectivity index (χ1n) is 12.1. The second-order valence-corrected chi connectivity index (χ2v) is 8.51. The maximum Gasteiger partial charge on any atom is 0.340 e. The number of aliphatic hydroxyl groups excluding tert-OH is 1. The summed E-state index contributed by atoms with van der Waals surface area (Å²) in [7, 11) is 0. The number of aliphatic hydroxyl groups is 1. The lowest BCUT2D eigenvalue weighted by Gasteiger charge is -2.26. The standard InChI is InChI=1S/C23H19FN2O4.2C2H6/c1-9-3-4-11-10(2)15(24)6-16-19(11)18(9)13-7-26-17(20(13)25-16)5-12-14(22(26)28)8-30-23(29)21(12)27;2*1-2/h5-6,9,21,27H,3-4,7-8H2,1-2H3;2*1-2H3/t9-,21?;;/m0../s1. The van der Waals surface area contributed by atoms with Crippen LogP contribution in [0, 0.1) is 12.7 Å². The van der Waals surface area contributed by atoms with Gasteiger partial charge < -0.3 is 14.4 Å². The van der Waals surface area contributed by atoms with Crippen molar-refractivity contribution in [3.63, 3.8) is 0 Å². The van der Waals surface area contributed by atoms with Gasteiger partial charge in [0.05, 0.1) is 29.0 Å². The number of pyridine rings is 2. The van der Waals surface area contributed by atoms with Crippen LogP contribution in [0.3, 0.4) is 0 Å². The second-order valence-electron chi connectivity index (χ2n) is 8.51. The molecule has 0 fully saturated rings. The van der Waals surface area contributed by atoms with Crippen LogP contribution < -0.4 is 5.56 Å². The van der Waals surface area contributed by atoms with Crippen molar-refractivity contribution in [3.05, 3.63) is 61.7 Å². The summed E-state index contributed by atoms with van der Waals surface area (Å²) in [5, 5.41) is 11.3. The molecule has 0 saturated carbocycles. The molecule has 3 aliphatic rings. The van der Waals surface area contributed by atoms with Gasteiger partial charge in [-0.05, 0) is 48.4 Å². The first-order valence-corrected chi connectivity index (χ1v) is 12.1. The molecule has 1 N–H and O–H groups in total. The summed E-state index contributed by atoms with van der Waals surface area (Å²) in [6.07, 6.45) is 0.230. The number of aromatic nitrogens is 2. The number of ether oxygens (including phenoxy) is 1. The third-order valence-corrected chi connectivity index (χ3v) is 6.94. The normalized spacial score (nSPS) is 19.1. The molecule has 4 heterocycles. The van der Waals surface area contributed by atoms with Gasteiger partial charge in [0.1, 0.15) is 12.4 Å². The molecular weight excluding hydrogens is 435 g/mol. The van der Waals surface area contributed by atoms with Gasteiger partial charge in [-0.3, -0.25) is 4.79 Å². The number of carbonyl (C=O) groups excluding carboxylic acids is 1. The number of benzene rings is 1. The van der Waals surface area contributed by atoms with Crippen LogP contribution in [0.25, 0.3) is 22.3 Å². The summed E-state index contributed by atoms with van der Waals surface area (Å²) in [5.74, 6) is -0.774. The lowest BCUT2D eigenvalue weighted by atomic mass is 9.79. The van der Waals surface area contributed by atoms with Crippen molar-refractivity contribution in [3.8, 4) is 11.4 Å². The topological polar surface area (TPSA) is 81.4 Å². The summed E-state index contributed by atoms with van der Waals surface area (Å²) in [6, 6.07) is 3.14. The third-order valence-electron chi connectivity index (χ3n) is 6.94. The third kappa shape index (κ3) is 3.28. The zero-order valence-electron chi connectivity index (χ0n) is 20.6. The molecule has 1 unspecified atom stereocenters. The van der Waals surface area contributed by atoms with E-state index < -0.39 is 12.1 Å². The van der Waals surface area contributed by atoms with Crippen molar-refractivity contribution >= 4 is 16.9 Å². The van der Waals surface area contributed by atoms with Crippen LogP contribution in [0.2, 0.25) is 0 Å². The van der Waals surface area contributed by atoms with Crippen LogP contribution in [-0.4, -0.2) is 20.6 Å². The lowest BCUT2D eigenvalue weighted by molar-refractivity contribution is -0.157. The van der Waals surface area contributed by atoms with E-state index in [1.54, 1.807) is 10.6 Å². The minimum atomic E-state index is -1.49. The molecule has 180 valence electrons. The predicted octanol–water partition coefficient (Wildman–Crippen LogP) is 5.07. The molecule has 6 nitrogen and oxygen atoms in total. The molecule has 2 aromatic heterocycles. The number of nitrogens with zero attached hydrogens (tertiary/aromatic N) is 2. The number of hydrogen-bond donors (Lipinski definition) is 1. The molecule has 0 amide bonds. The van der Waals surface area contributed by atoms with Gasteiger partial charge in [0, 0.05) is 22.6 Å². The summed E-state index contributed by atoms with van der Waals surface area (Å²) in [6.45, 7) is 12.2. The Balaban J connectivity index is 0.000000652.